The Morgan fingerprint density at radius 2 is 2.00 bits per heavy atom. The molecule has 0 saturated carbocycles. The second-order valence-corrected chi connectivity index (χ2v) is 8.80. The maximum atomic E-state index is 12.7. The molecule has 27 heavy (non-hydrogen) atoms. The Labute approximate surface area is 167 Å². The summed E-state index contributed by atoms with van der Waals surface area (Å²) >= 11 is 3.11. The van der Waals surface area contributed by atoms with E-state index in [0.717, 1.165) is 52.4 Å². The van der Waals surface area contributed by atoms with E-state index in [1.54, 1.807) is 11.3 Å². The number of carbonyl (C=O) groups excluding carboxylic acids is 2. The number of benzene rings is 1. The number of esters is 1. The van der Waals surface area contributed by atoms with E-state index in [-0.39, 0.29) is 11.8 Å². The number of rotatable bonds is 4. The topological polar surface area (TPSA) is 55.4 Å². The Bertz CT molecular complexity index is 958. The Kier molecular flexibility index (Phi) is 5.10. The Hall–Kier alpha value is -2.05. The third-order valence-corrected chi connectivity index (χ3v) is 7.32. The number of allylic oxidation sites excluding steroid dienone is 2. The van der Waals surface area contributed by atoms with Gasteiger partial charge >= 0.3 is 5.97 Å². The van der Waals surface area contributed by atoms with Crippen molar-refractivity contribution in [1.29, 1.82) is 0 Å². The van der Waals surface area contributed by atoms with Crippen molar-refractivity contribution in [3.8, 4) is 0 Å². The van der Waals surface area contributed by atoms with E-state index in [9.17, 15) is 9.59 Å². The van der Waals surface area contributed by atoms with Crippen molar-refractivity contribution < 1.29 is 14.3 Å². The zero-order chi connectivity index (χ0) is 19.0. The SMILES string of the molecule is CCOC(=O)c1c(NC(C)=C2Sc3ccccc3C2=O)sc2c1CCCC2. The quantitative estimate of drug-likeness (QED) is 0.548. The molecule has 1 N–H and O–H groups in total. The number of carbonyl (C=O) groups is 2. The normalized spacial score (nSPS) is 17.3. The molecule has 0 saturated heterocycles. The molecule has 0 atom stereocenters. The molecule has 2 aliphatic rings. The van der Waals surface area contributed by atoms with Gasteiger partial charge in [0.15, 0.2) is 0 Å². The smallest absolute Gasteiger partial charge is 0.341 e. The van der Waals surface area contributed by atoms with E-state index in [2.05, 4.69) is 5.32 Å². The van der Waals surface area contributed by atoms with Crippen LogP contribution in [0.1, 0.15) is 57.8 Å². The van der Waals surface area contributed by atoms with Crippen molar-refractivity contribution in [3.63, 3.8) is 0 Å². The molecule has 2 aromatic rings. The summed E-state index contributed by atoms with van der Waals surface area (Å²) in [6, 6.07) is 7.65. The van der Waals surface area contributed by atoms with Crippen LogP contribution in [0.3, 0.4) is 0 Å². The largest absolute Gasteiger partial charge is 0.462 e. The number of hydrogen-bond donors (Lipinski definition) is 1. The first-order valence-corrected chi connectivity index (χ1v) is 10.8. The molecular formula is C21H21NO3S2. The summed E-state index contributed by atoms with van der Waals surface area (Å²) in [7, 11) is 0. The van der Waals surface area contributed by atoms with E-state index in [1.807, 2.05) is 38.1 Å². The van der Waals surface area contributed by atoms with E-state index >= 15 is 0 Å². The number of thiophene rings is 1. The predicted molar refractivity (Wildman–Crippen MR) is 110 cm³/mol. The lowest BCUT2D eigenvalue weighted by atomic mass is 9.95. The number of Topliss-reactive ketones (excluding diaryl/α,β-unsaturated/α-hetero) is 1. The minimum Gasteiger partial charge on any atom is -0.462 e. The van der Waals surface area contributed by atoms with Gasteiger partial charge < -0.3 is 10.1 Å². The number of ketones is 1. The first-order valence-electron chi connectivity index (χ1n) is 9.21. The fraction of sp³-hybridized carbons (Fsp3) is 0.333. The monoisotopic (exact) mass is 399 g/mol. The maximum Gasteiger partial charge on any atom is 0.341 e. The third kappa shape index (κ3) is 3.32. The highest BCUT2D eigenvalue weighted by molar-refractivity contribution is 8.04. The number of nitrogens with one attached hydrogen (secondary N) is 1. The molecule has 4 nitrogen and oxygen atoms in total. The van der Waals surface area contributed by atoms with E-state index in [4.69, 9.17) is 4.74 Å². The first kappa shape index (κ1) is 18.3. The number of aryl methyl sites for hydroxylation is 1. The standard InChI is InChI=1S/C21H21NO3S2/c1-3-25-21(24)17-13-8-4-6-10-15(13)27-20(17)22-12(2)19-18(23)14-9-5-7-11-16(14)26-19/h5,7,9,11,22H,3-4,6,8,10H2,1-2H3. The summed E-state index contributed by atoms with van der Waals surface area (Å²) in [6.45, 7) is 4.08. The molecular weight excluding hydrogens is 378 g/mol. The van der Waals surface area contributed by atoms with Gasteiger partial charge in [-0.3, -0.25) is 4.79 Å². The summed E-state index contributed by atoms with van der Waals surface area (Å²) in [4.78, 5) is 28.3. The van der Waals surface area contributed by atoms with Gasteiger partial charge in [-0.05, 0) is 57.2 Å². The van der Waals surface area contributed by atoms with Crippen LogP contribution in [0, 0.1) is 0 Å². The van der Waals surface area contributed by atoms with Gasteiger partial charge in [0.1, 0.15) is 5.00 Å². The molecule has 0 bridgehead atoms. The average molecular weight is 400 g/mol. The zero-order valence-electron chi connectivity index (χ0n) is 15.4. The van der Waals surface area contributed by atoms with Crippen LogP contribution in [-0.2, 0) is 17.6 Å². The van der Waals surface area contributed by atoms with E-state index in [0.29, 0.717) is 17.1 Å². The molecule has 1 aliphatic carbocycles. The fourth-order valence-electron chi connectivity index (χ4n) is 3.57. The Morgan fingerprint density at radius 1 is 1.22 bits per heavy atom. The summed E-state index contributed by atoms with van der Waals surface area (Å²) in [6.07, 6.45) is 4.16. The lowest BCUT2D eigenvalue weighted by Gasteiger charge is -2.13. The van der Waals surface area contributed by atoms with E-state index < -0.39 is 0 Å². The molecule has 1 aromatic heterocycles. The summed E-state index contributed by atoms with van der Waals surface area (Å²) in [5, 5.41) is 4.17. The van der Waals surface area contributed by atoms with Gasteiger partial charge in [0, 0.05) is 21.0 Å². The maximum absolute atomic E-state index is 12.7. The molecule has 0 spiro atoms. The Balaban J connectivity index is 1.70. The summed E-state index contributed by atoms with van der Waals surface area (Å²) < 4.78 is 5.31. The molecule has 2 heterocycles. The number of ether oxygens (including phenoxy) is 1. The number of anilines is 1. The Morgan fingerprint density at radius 3 is 2.78 bits per heavy atom. The molecule has 6 heteroatoms. The van der Waals surface area contributed by atoms with Crippen molar-refractivity contribution in [3.05, 3.63) is 56.4 Å². The summed E-state index contributed by atoms with van der Waals surface area (Å²) in [5.41, 5.74) is 3.31. The second kappa shape index (κ2) is 7.52. The first-order chi connectivity index (χ1) is 13.1. The van der Waals surface area contributed by atoms with Gasteiger partial charge in [-0.1, -0.05) is 23.9 Å². The fourth-order valence-corrected chi connectivity index (χ4v) is 5.95. The lowest BCUT2D eigenvalue weighted by Crippen LogP contribution is -2.12. The van der Waals surface area contributed by atoms with Crippen LogP contribution >= 0.6 is 23.1 Å². The van der Waals surface area contributed by atoms with Crippen molar-refractivity contribution in [1.82, 2.24) is 0 Å². The molecule has 0 radical (unpaired) electrons. The van der Waals surface area contributed by atoms with Gasteiger partial charge in [-0.25, -0.2) is 4.79 Å². The minimum absolute atomic E-state index is 0.0413. The zero-order valence-corrected chi connectivity index (χ0v) is 17.0. The minimum atomic E-state index is -0.272. The molecule has 4 rings (SSSR count). The predicted octanol–water partition coefficient (Wildman–Crippen LogP) is 5.44. The number of fused-ring (bicyclic) bond motifs is 2. The average Bonchev–Trinajstić information content (AvgIpc) is 3.20. The van der Waals surface area contributed by atoms with Gasteiger partial charge in [-0.2, -0.15) is 0 Å². The molecule has 0 fully saturated rings. The van der Waals surface area contributed by atoms with Crippen molar-refractivity contribution in [2.75, 3.05) is 11.9 Å². The highest BCUT2D eigenvalue weighted by Gasteiger charge is 2.30. The van der Waals surface area contributed by atoms with Crippen LogP contribution in [0.2, 0.25) is 0 Å². The summed E-state index contributed by atoms with van der Waals surface area (Å²) in [5.74, 6) is -0.231. The van der Waals surface area contributed by atoms with Crippen LogP contribution < -0.4 is 5.32 Å². The number of hydrogen-bond acceptors (Lipinski definition) is 6. The van der Waals surface area contributed by atoms with Crippen LogP contribution in [0.4, 0.5) is 5.00 Å². The van der Waals surface area contributed by atoms with Crippen LogP contribution in [0.25, 0.3) is 0 Å². The van der Waals surface area contributed by atoms with Gasteiger partial charge in [0.05, 0.1) is 17.1 Å². The van der Waals surface area contributed by atoms with Crippen LogP contribution in [0.5, 0.6) is 0 Å². The molecule has 0 unspecified atom stereocenters. The number of thioether (sulfide) groups is 1. The van der Waals surface area contributed by atoms with Crippen LogP contribution in [-0.4, -0.2) is 18.4 Å². The molecule has 1 aromatic carbocycles. The molecule has 0 amide bonds. The molecule has 140 valence electrons. The van der Waals surface area contributed by atoms with Gasteiger partial charge in [-0.15, -0.1) is 11.3 Å². The molecule has 1 aliphatic heterocycles. The second-order valence-electron chi connectivity index (χ2n) is 6.64. The van der Waals surface area contributed by atoms with Crippen molar-refractivity contribution in [2.45, 2.75) is 44.4 Å². The van der Waals surface area contributed by atoms with Crippen molar-refractivity contribution >= 4 is 39.9 Å². The van der Waals surface area contributed by atoms with Gasteiger partial charge in [0.2, 0.25) is 5.78 Å². The highest BCUT2D eigenvalue weighted by Crippen LogP contribution is 2.43. The van der Waals surface area contributed by atoms with E-state index in [1.165, 1.54) is 16.6 Å². The highest BCUT2D eigenvalue weighted by atomic mass is 32.2. The lowest BCUT2D eigenvalue weighted by molar-refractivity contribution is 0.0526. The third-order valence-electron chi connectivity index (χ3n) is 4.84. The van der Waals surface area contributed by atoms with Crippen molar-refractivity contribution in [2.24, 2.45) is 0 Å². The van der Waals surface area contributed by atoms with Gasteiger partial charge in [0.25, 0.3) is 0 Å². The van der Waals surface area contributed by atoms with Crippen LogP contribution in [0.15, 0.2) is 39.8 Å².